The van der Waals surface area contributed by atoms with Crippen molar-refractivity contribution in [1.29, 1.82) is 0 Å². The fourth-order valence-corrected chi connectivity index (χ4v) is 2.30. The summed E-state index contributed by atoms with van der Waals surface area (Å²) in [5.41, 5.74) is 0. The average Bonchev–Trinajstić information content (AvgIpc) is 2.35. The van der Waals surface area contributed by atoms with Crippen LogP contribution in [-0.2, 0) is 9.53 Å². The highest BCUT2D eigenvalue weighted by Crippen LogP contribution is 2.14. The van der Waals surface area contributed by atoms with Gasteiger partial charge in [-0.1, -0.05) is 0 Å². The Labute approximate surface area is 104 Å². The molecular weight excluding hydrogens is 218 g/mol. The van der Waals surface area contributed by atoms with Crippen molar-refractivity contribution in [2.75, 3.05) is 47.9 Å². The van der Waals surface area contributed by atoms with E-state index in [4.69, 9.17) is 4.74 Å². The van der Waals surface area contributed by atoms with Gasteiger partial charge in [-0.25, -0.2) is 0 Å². The number of methoxy groups -OCH3 is 1. The molecule has 0 aromatic carbocycles. The van der Waals surface area contributed by atoms with Crippen LogP contribution < -0.4 is 5.32 Å². The summed E-state index contributed by atoms with van der Waals surface area (Å²) < 4.78 is 4.77. The Morgan fingerprint density at radius 3 is 2.47 bits per heavy atom. The first-order chi connectivity index (χ1) is 8.08. The van der Waals surface area contributed by atoms with Crippen LogP contribution in [0.5, 0.6) is 0 Å². The van der Waals surface area contributed by atoms with Crippen molar-refractivity contribution >= 4 is 5.97 Å². The Morgan fingerprint density at radius 1 is 1.47 bits per heavy atom. The van der Waals surface area contributed by atoms with Crippen LogP contribution in [0, 0.1) is 0 Å². The van der Waals surface area contributed by atoms with Gasteiger partial charge in [0.1, 0.15) is 6.04 Å². The molecule has 1 N–H and O–H groups in total. The van der Waals surface area contributed by atoms with E-state index in [9.17, 15) is 4.79 Å². The standard InChI is InChI=1S/C12H25N3O2/c1-13-11(12(16)17-4)9-15-7-5-10(6-8-15)14(2)3/h10-11,13H,5-9H2,1-4H3. The molecule has 1 saturated heterocycles. The Bertz CT molecular complexity index is 238. The van der Waals surface area contributed by atoms with Crippen molar-refractivity contribution in [3.8, 4) is 0 Å². The number of likely N-dealkylation sites (tertiary alicyclic amines) is 1. The SMILES string of the molecule is CNC(CN1CCC(N(C)C)CC1)C(=O)OC. The van der Waals surface area contributed by atoms with Gasteiger partial charge in [0, 0.05) is 12.6 Å². The molecule has 0 aliphatic carbocycles. The maximum Gasteiger partial charge on any atom is 0.324 e. The summed E-state index contributed by atoms with van der Waals surface area (Å²) in [6.07, 6.45) is 2.34. The Hall–Kier alpha value is -0.650. The second-order valence-electron chi connectivity index (χ2n) is 4.86. The predicted octanol–water partition coefficient (Wildman–Crippen LogP) is -0.227. The minimum atomic E-state index is -0.212. The molecule has 17 heavy (non-hydrogen) atoms. The molecular formula is C12H25N3O2. The first-order valence-corrected chi connectivity index (χ1v) is 6.22. The number of esters is 1. The topological polar surface area (TPSA) is 44.8 Å². The zero-order chi connectivity index (χ0) is 12.8. The van der Waals surface area contributed by atoms with Crippen LogP contribution in [0.25, 0.3) is 0 Å². The van der Waals surface area contributed by atoms with Gasteiger partial charge < -0.3 is 19.9 Å². The quantitative estimate of drug-likeness (QED) is 0.676. The van der Waals surface area contributed by atoms with Crippen molar-refractivity contribution in [3.63, 3.8) is 0 Å². The third-order valence-electron chi connectivity index (χ3n) is 3.56. The third kappa shape index (κ3) is 4.26. The van der Waals surface area contributed by atoms with Crippen LogP contribution in [0.4, 0.5) is 0 Å². The van der Waals surface area contributed by atoms with E-state index in [0.717, 1.165) is 19.6 Å². The number of hydrogen-bond acceptors (Lipinski definition) is 5. The molecule has 1 aliphatic heterocycles. The second kappa shape index (κ2) is 6.93. The Morgan fingerprint density at radius 2 is 2.06 bits per heavy atom. The van der Waals surface area contributed by atoms with E-state index >= 15 is 0 Å². The lowest BCUT2D eigenvalue weighted by Crippen LogP contribution is -2.49. The third-order valence-corrected chi connectivity index (χ3v) is 3.56. The molecule has 1 unspecified atom stereocenters. The van der Waals surface area contributed by atoms with E-state index in [1.165, 1.54) is 20.0 Å². The fourth-order valence-electron chi connectivity index (χ4n) is 2.30. The number of likely N-dealkylation sites (N-methyl/N-ethyl adjacent to an activating group) is 1. The molecule has 0 aromatic heterocycles. The molecule has 0 aromatic rings. The van der Waals surface area contributed by atoms with Crippen molar-refractivity contribution < 1.29 is 9.53 Å². The van der Waals surface area contributed by atoms with Gasteiger partial charge in [0.25, 0.3) is 0 Å². The van der Waals surface area contributed by atoms with Crippen LogP contribution in [-0.4, -0.2) is 75.7 Å². The number of nitrogens with zero attached hydrogens (tertiary/aromatic N) is 2. The first kappa shape index (κ1) is 14.4. The smallest absolute Gasteiger partial charge is 0.324 e. The van der Waals surface area contributed by atoms with Gasteiger partial charge in [-0.15, -0.1) is 0 Å². The van der Waals surface area contributed by atoms with E-state index in [-0.39, 0.29) is 12.0 Å². The highest BCUT2D eigenvalue weighted by atomic mass is 16.5. The zero-order valence-electron chi connectivity index (χ0n) is 11.4. The maximum atomic E-state index is 11.5. The number of carbonyl (C=O) groups excluding carboxylic acids is 1. The van der Waals surface area contributed by atoms with Gasteiger partial charge in [-0.2, -0.15) is 0 Å². The van der Waals surface area contributed by atoms with E-state index in [2.05, 4.69) is 29.2 Å². The van der Waals surface area contributed by atoms with Crippen molar-refractivity contribution in [3.05, 3.63) is 0 Å². The van der Waals surface area contributed by atoms with Crippen molar-refractivity contribution in [2.45, 2.75) is 24.9 Å². The molecule has 1 heterocycles. The summed E-state index contributed by atoms with van der Waals surface area (Å²) in [5, 5.41) is 3.01. The molecule has 0 saturated carbocycles. The number of nitrogens with one attached hydrogen (secondary N) is 1. The van der Waals surface area contributed by atoms with E-state index in [0.29, 0.717) is 6.04 Å². The molecule has 100 valence electrons. The maximum absolute atomic E-state index is 11.5. The van der Waals surface area contributed by atoms with Gasteiger partial charge in [0.05, 0.1) is 7.11 Å². The Kier molecular flexibility index (Phi) is 5.88. The number of hydrogen-bond donors (Lipinski definition) is 1. The summed E-state index contributed by atoms with van der Waals surface area (Å²) in [7, 11) is 7.50. The van der Waals surface area contributed by atoms with Crippen LogP contribution in [0.15, 0.2) is 0 Å². The highest BCUT2D eigenvalue weighted by molar-refractivity contribution is 5.75. The number of carbonyl (C=O) groups is 1. The lowest BCUT2D eigenvalue weighted by atomic mass is 10.0. The number of ether oxygens (including phenoxy) is 1. The fraction of sp³-hybridized carbons (Fsp3) is 0.917. The molecule has 1 atom stereocenters. The molecule has 0 bridgehead atoms. The summed E-state index contributed by atoms with van der Waals surface area (Å²) >= 11 is 0. The van der Waals surface area contributed by atoms with E-state index in [1.54, 1.807) is 7.05 Å². The Balaban J connectivity index is 2.36. The average molecular weight is 243 g/mol. The number of rotatable bonds is 5. The van der Waals surface area contributed by atoms with Gasteiger partial charge >= 0.3 is 5.97 Å². The highest BCUT2D eigenvalue weighted by Gasteiger charge is 2.25. The molecule has 1 rings (SSSR count). The van der Waals surface area contributed by atoms with E-state index in [1.807, 2.05) is 0 Å². The van der Waals surface area contributed by atoms with E-state index < -0.39 is 0 Å². The van der Waals surface area contributed by atoms with Gasteiger partial charge in [0.2, 0.25) is 0 Å². The normalized spacial score (nSPS) is 20.5. The van der Waals surface area contributed by atoms with Crippen LogP contribution in [0.3, 0.4) is 0 Å². The minimum Gasteiger partial charge on any atom is -0.468 e. The molecule has 0 spiro atoms. The second-order valence-corrected chi connectivity index (χ2v) is 4.86. The largest absolute Gasteiger partial charge is 0.468 e. The molecule has 5 nitrogen and oxygen atoms in total. The van der Waals surface area contributed by atoms with Crippen LogP contribution in [0.1, 0.15) is 12.8 Å². The van der Waals surface area contributed by atoms with Crippen LogP contribution >= 0.6 is 0 Å². The predicted molar refractivity (Wildman–Crippen MR) is 68.0 cm³/mol. The van der Waals surface area contributed by atoms with Gasteiger partial charge in [-0.3, -0.25) is 4.79 Å². The lowest BCUT2D eigenvalue weighted by Gasteiger charge is -2.36. The molecule has 0 amide bonds. The number of piperidine rings is 1. The van der Waals surface area contributed by atoms with Crippen molar-refractivity contribution in [1.82, 2.24) is 15.1 Å². The minimum absolute atomic E-state index is 0.178. The van der Waals surface area contributed by atoms with Gasteiger partial charge in [0.15, 0.2) is 0 Å². The molecule has 5 heteroatoms. The lowest BCUT2D eigenvalue weighted by molar-refractivity contribution is -0.143. The first-order valence-electron chi connectivity index (χ1n) is 6.22. The molecule has 1 aliphatic rings. The summed E-state index contributed by atoms with van der Waals surface area (Å²) in [4.78, 5) is 16.1. The van der Waals surface area contributed by atoms with Gasteiger partial charge in [-0.05, 0) is 47.1 Å². The molecule has 1 fully saturated rings. The summed E-state index contributed by atoms with van der Waals surface area (Å²) in [5.74, 6) is -0.178. The zero-order valence-corrected chi connectivity index (χ0v) is 11.4. The summed E-state index contributed by atoms with van der Waals surface area (Å²) in [6, 6.07) is 0.466. The molecule has 0 radical (unpaired) electrons. The van der Waals surface area contributed by atoms with Crippen molar-refractivity contribution in [2.24, 2.45) is 0 Å². The monoisotopic (exact) mass is 243 g/mol. The summed E-state index contributed by atoms with van der Waals surface area (Å²) in [6.45, 7) is 2.85. The van der Waals surface area contributed by atoms with Crippen LogP contribution in [0.2, 0.25) is 0 Å².